The van der Waals surface area contributed by atoms with Gasteiger partial charge in [0.05, 0.1) is 0 Å². The first-order valence-corrected chi connectivity index (χ1v) is 7.85. The molecule has 16 heavy (non-hydrogen) atoms. The van der Waals surface area contributed by atoms with E-state index >= 15 is 0 Å². The summed E-state index contributed by atoms with van der Waals surface area (Å²) >= 11 is 2.14. The normalized spacial score (nSPS) is 31.5. The zero-order valence-electron chi connectivity index (χ0n) is 10.0. The number of thioether (sulfide) groups is 1. The Labute approximate surface area is 103 Å². The van der Waals surface area contributed by atoms with Gasteiger partial charge in [0.15, 0.2) is 0 Å². The topological polar surface area (TPSA) is 18.5 Å². The Bertz CT molecular complexity index is 218. The molecule has 0 spiro atoms. The molecule has 3 aliphatic rings. The van der Waals surface area contributed by atoms with Crippen LogP contribution in [0.1, 0.15) is 12.8 Å². The molecule has 0 bridgehead atoms. The minimum atomic E-state index is 0.851. The van der Waals surface area contributed by atoms with Gasteiger partial charge in [-0.05, 0) is 24.3 Å². The molecule has 3 heterocycles. The van der Waals surface area contributed by atoms with Crippen molar-refractivity contribution in [2.45, 2.75) is 24.9 Å². The van der Waals surface area contributed by atoms with Crippen LogP contribution < -0.4 is 5.32 Å². The number of nitrogens with zero attached hydrogens (tertiary/aromatic N) is 2. The number of hydrogen-bond acceptors (Lipinski definition) is 4. The van der Waals surface area contributed by atoms with Gasteiger partial charge >= 0.3 is 0 Å². The maximum absolute atomic E-state index is 3.38. The summed E-state index contributed by atoms with van der Waals surface area (Å²) in [7, 11) is 0. The van der Waals surface area contributed by atoms with E-state index in [9.17, 15) is 0 Å². The molecular formula is C12H23N3S. The molecule has 3 nitrogen and oxygen atoms in total. The Balaban J connectivity index is 1.45. The van der Waals surface area contributed by atoms with Crippen LogP contribution in [0.15, 0.2) is 0 Å². The van der Waals surface area contributed by atoms with Crippen molar-refractivity contribution in [3.63, 3.8) is 0 Å². The van der Waals surface area contributed by atoms with Gasteiger partial charge in [-0.1, -0.05) is 0 Å². The van der Waals surface area contributed by atoms with Gasteiger partial charge in [0, 0.05) is 51.4 Å². The van der Waals surface area contributed by atoms with E-state index < -0.39 is 0 Å². The van der Waals surface area contributed by atoms with Crippen molar-refractivity contribution in [1.29, 1.82) is 0 Å². The van der Waals surface area contributed by atoms with Crippen molar-refractivity contribution in [3.05, 3.63) is 0 Å². The second-order valence-electron chi connectivity index (χ2n) is 5.23. The third kappa shape index (κ3) is 2.40. The van der Waals surface area contributed by atoms with Crippen molar-refractivity contribution in [3.8, 4) is 0 Å². The lowest BCUT2D eigenvalue weighted by Gasteiger charge is -2.45. The Morgan fingerprint density at radius 3 is 1.88 bits per heavy atom. The minimum Gasteiger partial charge on any atom is -0.314 e. The van der Waals surface area contributed by atoms with Gasteiger partial charge in [0.2, 0.25) is 0 Å². The SMILES string of the molecule is C1CC(N2CCN(C3CNC3)CC2)CCS1. The van der Waals surface area contributed by atoms with Gasteiger partial charge in [-0.2, -0.15) is 11.8 Å². The summed E-state index contributed by atoms with van der Waals surface area (Å²) < 4.78 is 0. The molecule has 0 atom stereocenters. The Morgan fingerprint density at radius 1 is 0.812 bits per heavy atom. The van der Waals surface area contributed by atoms with E-state index in [1.807, 2.05) is 0 Å². The molecule has 92 valence electrons. The van der Waals surface area contributed by atoms with E-state index in [1.165, 1.54) is 63.6 Å². The average Bonchev–Trinajstić information content (AvgIpc) is 2.29. The Hall–Kier alpha value is 0.230. The van der Waals surface area contributed by atoms with E-state index in [0.29, 0.717) is 0 Å². The molecule has 0 unspecified atom stereocenters. The predicted octanol–water partition coefficient (Wildman–Crippen LogP) is 0.471. The smallest absolute Gasteiger partial charge is 0.0346 e. The number of rotatable bonds is 2. The summed E-state index contributed by atoms with van der Waals surface area (Å²) in [5.74, 6) is 2.77. The maximum Gasteiger partial charge on any atom is 0.0346 e. The molecule has 3 aliphatic heterocycles. The third-order valence-electron chi connectivity index (χ3n) is 4.33. The molecule has 3 saturated heterocycles. The third-order valence-corrected chi connectivity index (χ3v) is 5.38. The van der Waals surface area contributed by atoms with Crippen LogP contribution >= 0.6 is 11.8 Å². The van der Waals surface area contributed by atoms with Crippen molar-refractivity contribution in [2.75, 3.05) is 50.8 Å². The standard InChI is InChI=1S/C12H23N3S/c1-7-16-8-2-11(1)14-3-5-15(6-4-14)12-9-13-10-12/h11-13H,1-10H2. The van der Waals surface area contributed by atoms with E-state index in [2.05, 4.69) is 26.9 Å². The van der Waals surface area contributed by atoms with E-state index in [1.54, 1.807) is 0 Å². The molecule has 0 aliphatic carbocycles. The molecule has 0 aromatic carbocycles. The summed E-state index contributed by atoms with van der Waals surface area (Å²) in [5, 5.41) is 3.38. The van der Waals surface area contributed by atoms with Gasteiger partial charge in [-0.25, -0.2) is 0 Å². The molecule has 4 heteroatoms. The highest BCUT2D eigenvalue weighted by Gasteiger charge is 2.30. The number of piperazine rings is 1. The molecule has 0 aromatic heterocycles. The van der Waals surface area contributed by atoms with Gasteiger partial charge in [0.1, 0.15) is 0 Å². The van der Waals surface area contributed by atoms with Crippen LogP contribution in [0.25, 0.3) is 0 Å². The Morgan fingerprint density at radius 2 is 1.38 bits per heavy atom. The number of nitrogens with one attached hydrogen (secondary N) is 1. The van der Waals surface area contributed by atoms with Crippen molar-refractivity contribution in [1.82, 2.24) is 15.1 Å². The molecule has 1 N–H and O–H groups in total. The lowest BCUT2D eigenvalue weighted by atomic mass is 10.1. The largest absolute Gasteiger partial charge is 0.314 e. The average molecular weight is 241 g/mol. The first kappa shape index (κ1) is 11.3. The lowest BCUT2D eigenvalue weighted by molar-refractivity contribution is 0.0495. The predicted molar refractivity (Wildman–Crippen MR) is 70.2 cm³/mol. The first-order chi connectivity index (χ1) is 7.93. The van der Waals surface area contributed by atoms with Crippen LogP contribution in [-0.2, 0) is 0 Å². The summed E-state index contributed by atoms with van der Waals surface area (Å²) in [5.41, 5.74) is 0. The summed E-state index contributed by atoms with van der Waals surface area (Å²) in [6.45, 7) is 7.67. The molecule has 0 amide bonds. The van der Waals surface area contributed by atoms with E-state index in [0.717, 1.165) is 12.1 Å². The summed E-state index contributed by atoms with van der Waals surface area (Å²) in [4.78, 5) is 5.44. The molecule has 3 rings (SSSR count). The quantitative estimate of drug-likeness (QED) is 0.757. The lowest BCUT2D eigenvalue weighted by Crippen LogP contribution is -2.62. The van der Waals surface area contributed by atoms with E-state index in [-0.39, 0.29) is 0 Å². The second-order valence-corrected chi connectivity index (χ2v) is 6.45. The van der Waals surface area contributed by atoms with Gasteiger partial charge in [-0.3, -0.25) is 9.80 Å². The first-order valence-electron chi connectivity index (χ1n) is 6.70. The molecule has 0 radical (unpaired) electrons. The monoisotopic (exact) mass is 241 g/mol. The molecule has 3 fully saturated rings. The van der Waals surface area contributed by atoms with Crippen LogP contribution in [0.4, 0.5) is 0 Å². The summed E-state index contributed by atoms with van der Waals surface area (Å²) in [6, 6.07) is 1.76. The fraction of sp³-hybridized carbons (Fsp3) is 1.00. The second kappa shape index (κ2) is 5.25. The van der Waals surface area contributed by atoms with Crippen molar-refractivity contribution < 1.29 is 0 Å². The van der Waals surface area contributed by atoms with E-state index in [4.69, 9.17) is 0 Å². The summed E-state index contributed by atoms with van der Waals surface area (Å²) in [6.07, 6.45) is 2.85. The highest BCUT2D eigenvalue weighted by Crippen LogP contribution is 2.23. The highest BCUT2D eigenvalue weighted by atomic mass is 32.2. The maximum atomic E-state index is 3.38. The fourth-order valence-corrected chi connectivity index (χ4v) is 4.13. The van der Waals surface area contributed by atoms with Crippen LogP contribution in [-0.4, -0.2) is 72.7 Å². The van der Waals surface area contributed by atoms with Crippen LogP contribution in [0.3, 0.4) is 0 Å². The number of hydrogen-bond donors (Lipinski definition) is 1. The van der Waals surface area contributed by atoms with Gasteiger partial charge in [-0.15, -0.1) is 0 Å². The van der Waals surface area contributed by atoms with Gasteiger partial charge < -0.3 is 5.32 Å². The fourth-order valence-electron chi connectivity index (χ4n) is 3.05. The zero-order valence-corrected chi connectivity index (χ0v) is 10.8. The van der Waals surface area contributed by atoms with Crippen molar-refractivity contribution in [2.24, 2.45) is 0 Å². The molecule has 0 saturated carbocycles. The van der Waals surface area contributed by atoms with Gasteiger partial charge in [0.25, 0.3) is 0 Å². The van der Waals surface area contributed by atoms with Crippen molar-refractivity contribution >= 4 is 11.8 Å². The van der Waals surface area contributed by atoms with Crippen LogP contribution in [0.5, 0.6) is 0 Å². The molecular weight excluding hydrogens is 218 g/mol. The molecule has 0 aromatic rings. The van der Waals surface area contributed by atoms with Crippen LogP contribution in [0.2, 0.25) is 0 Å². The highest BCUT2D eigenvalue weighted by molar-refractivity contribution is 7.99. The van der Waals surface area contributed by atoms with Crippen LogP contribution in [0, 0.1) is 0 Å². The minimum absolute atomic E-state index is 0.851. The Kier molecular flexibility index (Phi) is 3.72. The zero-order chi connectivity index (χ0) is 10.8.